The highest BCUT2D eigenvalue weighted by molar-refractivity contribution is 5.71. The van der Waals surface area contributed by atoms with Crippen molar-refractivity contribution < 1.29 is 28.6 Å². The molecule has 1 unspecified atom stereocenters. The molecule has 0 radical (unpaired) electrons. The van der Waals surface area contributed by atoms with Crippen LogP contribution in [-0.4, -0.2) is 37.2 Å². The summed E-state index contributed by atoms with van der Waals surface area (Å²) in [5.41, 5.74) is 0. The standard InChI is InChI=1S/C73H118O6/c1-4-7-10-13-16-19-22-25-27-29-31-33-35-36-38-39-41-43-45-48-51-54-57-60-63-66-72(75)78-69-70(68-77-71(74)65-62-59-56-53-50-47-24-21-18-15-12-9-6-3)79-73(76)67-64-61-58-55-52-49-46-44-42-40-37-34-32-30-28-26-23-20-17-14-11-8-5-2/h7-12,16-21,25-28,31-34,36,38,47,50,70H,4-6,13-15,22-24,29-30,35,37,39-46,48-49,51-69H2,1-3H3/b10-7-,11-8-,12-9-,19-16-,20-17-,21-18-,27-25-,28-26-,33-31-,34-32-,38-36-,50-47-. The minimum Gasteiger partial charge on any atom is -0.462 e. The van der Waals surface area contributed by atoms with E-state index >= 15 is 0 Å². The molecule has 0 aliphatic carbocycles. The van der Waals surface area contributed by atoms with Gasteiger partial charge in [0.1, 0.15) is 13.2 Å². The molecule has 0 aromatic heterocycles. The minimum absolute atomic E-state index is 0.0969. The van der Waals surface area contributed by atoms with E-state index in [-0.39, 0.29) is 31.1 Å². The van der Waals surface area contributed by atoms with Crippen molar-refractivity contribution in [3.8, 4) is 0 Å². The van der Waals surface area contributed by atoms with Crippen molar-refractivity contribution in [3.05, 3.63) is 146 Å². The molecule has 0 saturated carbocycles. The molecule has 6 heteroatoms. The summed E-state index contributed by atoms with van der Waals surface area (Å²) in [5, 5.41) is 0. The van der Waals surface area contributed by atoms with Gasteiger partial charge in [0.15, 0.2) is 6.10 Å². The van der Waals surface area contributed by atoms with Crippen molar-refractivity contribution in [2.45, 2.75) is 284 Å². The zero-order valence-electron chi connectivity index (χ0n) is 51.1. The van der Waals surface area contributed by atoms with Gasteiger partial charge < -0.3 is 14.2 Å². The predicted molar refractivity (Wildman–Crippen MR) is 343 cm³/mol. The maximum atomic E-state index is 12.9. The topological polar surface area (TPSA) is 78.9 Å². The van der Waals surface area contributed by atoms with Gasteiger partial charge in [0.25, 0.3) is 0 Å². The van der Waals surface area contributed by atoms with Crippen molar-refractivity contribution in [1.82, 2.24) is 0 Å². The van der Waals surface area contributed by atoms with Crippen LogP contribution in [0.2, 0.25) is 0 Å². The molecule has 0 bridgehead atoms. The normalized spacial score (nSPS) is 13.1. The maximum Gasteiger partial charge on any atom is 0.306 e. The van der Waals surface area contributed by atoms with Crippen LogP contribution in [0.5, 0.6) is 0 Å². The number of carbonyl (C=O) groups is 3. The van der Waals surface area contributed by atoms with Crippen LogP contribution in [-0.2, 0) is 28.6 Å². The number of ether oxygens (including phenoxy) is 3. The lowest BCUT2D eigenvalue weighted by atomic mass is 10.0. The van der Waals surface area contributed by atoms with Gasteiger partial charge in [-0.2, -0.15) is 0 Å². The Balaban J connectivity index is 4.38. The Kier molecular flexibility index (Phi) is 61.9. The Morgan fingerprint density at radius 2 is 0.456 bits per heavy atom. The third-order valence-electron chi connectivity index (χ3n) is 13.3. The smallest absolute Gasteiger partial charge is 0.306 e. The van der Waals surface area contributed by atoms with Crippen LogP contribution < -0.4 is 0 Å². The van der Waals surface area contributed by atoms with Crippen LogP contribution in [0.3, 0.4) is 0 Å². The molecule has 0 aromatic carbocycles. The third-order valence-corrected chi connectivity index (χ3v) is 13.3. The average molecular weight is 1090 g/mol. The van der Waals surface area contributed by atoms with Crippen LogP contribution in [0.4, 0.5) is 0 Å². The highest BCUT2D eigenvalue weighted by Crippen LogP contribution is 2.15. The Morgan fingerprint density at radius 1 is 0.253 bits per heavy atom. The van der Waals surface area contributed by atoms with Gasteiger partial charge >= 0.3 is 17.9 Å². The van der Waals surface area contributed by atoms with E-state index in [1.54, 1.807) is 0 Å². The Bertz CT molecular complexity index is 1730. The predicted octanol–water partition coefficient (Wildman–Crippen LogP) is 22.3. The molecule has 0 aromatic rings. The lowest BCUT2D eigenvalue weighted by Crippen LogP contribution is -2.30. The second-order valence-corrected chi connectivity index (χ2v) is 20.9. The van der Waals surface area contributed by atoms with E-state index in [1.807, 2.05) is 0 Å². The highest BCUT2D eigenvalue weighted by atomic mass is 16.6. The molecule has 0 spiro atoms. The van der Waals surface area contributed by atoms with E-state index in [9.17, 15) is 14.4 Å². The molecule has 6 nitrogen and oxygen atoms in total. The molecule has 0 aliphatic heterocycles. The van der Waals surface area contributed by atoms with Gasteiger partial charge in [-0.05, 0) is 135 Å². The summed E-state index contributed by atoms with van der Waals surface area (Å²) in [6.07, 6.45) is 94.3. The summed E-state index contributed by atoms with van der Waals surface area (Å²) in [6.45, 7) is 6.27. The SMILES string of the molecule is CC/C=C\C/C=C\C/C=C\C/C=C\C/C=C\CCCCCCCCCCCC(=O)OCC(COC(=O)CCCCC/C=C\C/C=C\C/C=C\CC)OC(=O)CCCCCCCCCCCC/C=C\C/C=C\C/C=C\C/C=C\CC. The monoisotopic (exact) mass is 1090 g/mol. The summed E-state index contributed by atoms with van der Waals surface area (Å²) >= 11 is 0. The molecule has 0 rings (SSSR count). The summed E-state index contributed by atoms with van der Waals surface area (Å²) in [4.78, 5) is 38.3. The zero-order chi connectivity index (χ0) is 57.1. The Hall–Kier alpha value is -4.71. The molecule has 0 aliphatic rings. The van der Waals surface area contributed by atoms with Crippen molar-refractivity contribution in [2.75, 3.05) is 13.2 Å². The van der Waals surface area contributed by atoms with E-state index in [1.165, 1.54) is 89.9 Å². The largest absolute Gasteiger partial charge is 0.462 e. The van der Waals surface area contributed by atoms with Gasteiger partial charge in [0.2, 0.25) is 0 Å². The van der Waals surface area contributed by atoms with Gasteiger partial charge in [-0.3, -0.25) is 14.4 Å². The fourth-order valence-electron chi connectivity index (χ4n) is 8.59. The van der Waals surface area contributed by atoms with Gasteiger partial charge in [-0.25, -0.2) is 0 Å². The summed E-state index contributed by atoms with van der Waals surface area (Å²) in [6, 6.07) is 0. The third kappa shape index (κ3) is 64.0. The lowest BCUT2D eigenvalue weighted by molar-refractivity contribution is -0.167. The second-order valence-electron chi connectivity index (χ2n) is 20.9. The Labute approximate surface area is 487 Å². The van der Waals surface area contributed by atoms with Gasteiger partial charge in [0, 0.05) is 19.3 Å². The maximum absolute atomic E-state index is 12.9. The van der Waals surface area contributed by atoms with Crippen molar-refractivity contribution in [3.63, 3.8) is 0 Å². The average Bonchev–Trinajstić information content (AvgIpc) is 3.45. The first-order valence-electron chi connectivity index (χ1n) is 32.3. The molecule has 1 atom stereocenters. The molecular weight excluding hydrogens is 973 g/mol. The van der Waals surface area contributed by atoms with Crippen molar-refractivity contribution in [2.24, 2.45) is 0 Å². The van der Waals surface area contributed by atoms with Crippen LogP contribution in [0, 0.1) is 0 Å². The minimum atomic E-state index is -0.803. The molecule has 0 fully saturated rings. The molecular formula is C73H118O6. The van der Waals surface area contributed by atoms with Crippen molar-refractivity contribution >= 4 is 17.9 Å². The molecule has 0 saturated heterocycles. The fourth-order valence-corrected chi connectivity index (χ4v) is 8.59. The van der Waals surface area contributed by atoms with Crippen LogP contribution in [0.15, 0.2) is 146 Å². The molecule has 79 heavy (non-hydrogen) atoms. The zero-order valence-corrected chi connectivity index (χ0v) is 51.1. The van der Waals surface area contributed by atoms with E-state index in [4.69, 9.17) is 14.2 Å². The molecule has 0 N–H and O–H groups in total. The number of hydrogen-bond donors (Lipinski definition) is 0. The number of allylic oxidation sites excluding steroid dienone is 24. The number of unbranched alkanes of at least 4 members (excludes halogenated alkanes) is 22. The van der Waals surface area contributed by atoms with E-state index in [2.05, 4.69) is 167 Å². The summed E-state index contributed by atoms with van der Waals surface area (Å²) < 4.78 is 16.9. The van der Waals surface area contributed by atoms with Crippen molar-refractivity contribution in [1.29, 1.82) is 0 Å². The van der Waals surface area contributed by atoms with Gasteiger partial charge in [-0.15, -0.1) is 0 Å². The van der Waals surface area contributed by atoms with E-state index in [0.717, 1.165) is 148 Å². The molecule has 0 heterocycles. The number of hydrogen-bond acceptors (Lipinski definition) is 6. The first-order valence-corrected chi connectivity index (χ1v) is 32.3. The fraction of sp³-hybridized carbons (Fsp3) is 0.630. The first kappa shape index (κ1) is 74.3. The van der Waals surface area contributed by atoms with Crippen LogP contribution in [0.1, 0.15) is 278 Å². The lowest BCUT2D eigenvalue weighted by Gasteiger charge is -2.18. The quantitative estimate of drug-likeness (QED) is 0.0261. The molecule has 446 valence electrons. The first-order chi connectivity index (χ1) is 39.0. The number of carbonyl (C=O) groups excluding carboxylic acids is 3. The van der Waals surface area contributed by atoms with Crippen LogP contribution in [0.25, 0.3) is 0 Å². The van der Waals surface area contributed by atoms with E-state index < -0.39 is 6.10 Å². The summed E-state index contributed by atoms with van der Waals surface area (Å²) in [5.74, 6) is -0.936. The van der Waals surface area contributed by atoms with Crippen LogP contribution >= 0.6 is 0 Å². The van der Waals surface area contributed by atoms with Gasteiger partial charge in [0.05, 0.1) is 0 Å². The second kappa shape index (κ2) is 65.8. The number of esters is 3. The highest BCUT2D eigenvalue weighted by Gasteiger charge is 2.19. The summed E-state index contributed by atoms with van der Waals surface area (Å²) in [7, 11) is 0. The number of rotatable bonds is 57. The van der Waals surface area contributed by atoms with Gasteiger partial charge in [-0.1, -0.05) is 269 Å². The Morgan fingerprint density at radius 3 is 0.722 bits per heavy atom. The van der Waals surface area contributed by atoms with E-state index in [0.29, 0.717) is 19.3 Å². The molecule has 0 amide bonds.